The first-order valence-corrected chi connectivity index (χ1v) is 5.33. The van der Waals surface area contributed by atoms with Crippen LogP contribution >= 0.6 is 12.2 Å². The van der Waals surface area contributed by atoms with E-state index in [0.717, 1.165) is 11.5 Å². The molecule has 1 aromatic rings. The molecule has 86 valence electrons. The lowest BCUT2D eigenvalue weighted by molar-refractivity contribution is 1.05. The van der Waals surface area contributed by atoms with E-state index in [2.05, 4.69) is 22.2 Å². The molecule has 2 N–H and O–H groups in total. The van der Waals surface area contributed by atoms with Crippen molar-refractivity contribution in [3.63, 3.8) is 0 Å². The van der Waals surface area contributed by atoms with Gasteiger partial charge in [-0.05, 0) is 24.4 Å². The molecule has 0 aliphatic carbocycles. The van der Waals surface area contributed by atoms with Crippen molar-refractivity contribution < 1.29 is 0 Å². The van der Waals surface area contributed by atoms with Crippen LogP contribution in [0.25, 0.3) is 0 Å². The van der Waals surface area contributed by atoms with Crippen LogP contribution in [0.5, 0.6) is 0 Å². The topological polar surface area (TPSA) is 40.2 Å². The standard InChI is InChI=1S/C11H16N4S/c1-4-7-12-11(16)14-9-5-6-10(13-8-9)15(2)3/h4-6,8H,1,7H2,2-3H3,(H2,12,14,16). The first kappa shape index (κ1) is 12.4. The number of hydrogen-bond acceptors (Lipinski definition) is 3. The van der Waals surface area contributed by atoms with Gasteiger partial charge in [0.15, 0.2) is 5.11 Å². The fourth-order valence-corrected chi connectivity index (χ4v) is 1.27. The first-order valence-electron chi connectivity index (χ1n) is 4.92. The Labute approximate surface area is 101 Å². The van der Waals surface area contributed by atoms with Gasteiger partial charge in [0.1, 0.15) is 5.82 Å². The monoisotopic (exact) mass is 236 g/mol. The second kappa shape index (κ2) is 6.07. The number of anilines is 2. The Morgan fingerprint density at radius 1 is 1.56 bits per heavy atom. The maximum absolute atomic E-state index is 5.08. The molecule has 0 unspecified atom stereocenters. The molecule has 1 aromatic heterocycles. The first-order chi connectivity index (χ1) is 7.63. The molecule has 0 bridgehead atoms. The van der Waals surface area contributed by atoms with Gasteiger partial charge in [-0.15, -0.1) is 6.58 Å². The summed E-state index contributed by atoms with van der Waals surface area (Å²) in [5.41, 5.74) is 0.868. The van der Waals surface area contributed by atoms with Crippen molar-refractivity contribution in [1.82, 2.24) is 10.3 Å². The van der Waals surface area contributed by atoms with E-state index >= 15 is 0 Å². The number of aromatic nitrogens is 1. The SMILES string of the molecule is C=CCNC(=S)Nc1ccc(N(C)C)nc1. The zero-order chi connectivity index (χ0) is 12.0. The van der Waals surface area contributed by atoms with Crippen LogP contribution in [-0.2, 0) is 0 Å². The number of rotatable bonds is 4. The highest BCUT2D eigenvalue weighted by Crippen LogP contribution is 2.11. The molecular weight excluding hydrogens is 220 g/mol. The van der Waals surface area contributed by atoms with E-state index in [0.29, 0.717) is 11.7 Å². The van der Waals surface area contributed by atoms with Gasteiger partial charge in [-0.2, -0.15) is 0 Å². The van der Waals surface area contributed by atoms with Crippen molar-refractivity contribution in [3.8, 4) is 0 Å². The van der Waals surface area contributed by atoms with E-state index in [4.69, 9.17) is 12.2 Å². The summed E-state index contributed by atoms with van der Waals surface area (Å²) in [6.45, 7) is 4.25. The molecule has 0 saturated carbocycles. The van der Waals surface area contributed by atoms with E-state index in [1.165, 1.54) is 0 Å². The Kier molecular flexibility index (Phi) is 4.72. The third-order valence-electron chi connectivity index (χ3n) is 1.87. The molecule has 0 amide bonds. The van der Waals surface area contributed by atoms with E-state index in [1.54, 1.807) is 12.3 Å². The number of hydrogen-bond donors (Lipinski definition) is 2. The normalized spacial score (nSPS) is 9.38. The molecule has 1 heterocycles. The van der Waals surface area contributed by atoms with Gasteiger partial charge in [-0.3, -0.25) is 0 Å². The number of nitrogens with zero attached hydrogens (tertiary/aromatic N) is 2. The predicted octanol–water partition coefficient (Wildman–Crippen LogP) is 1.62. The molecule has 0 atom stereocenters. The highest BCUT2D eigenvalue weighted by molar-refractivity contribution is 7.80. The van der Waals surface area contributed by atoms with Crippen molar-refractivity contribution in [1.29, 1.82) is 0 Å². The zero-order valence-electron chi connectivity index (χ0n) is 9.53. The summed E-state index contributed by atoms with van der Waals surface area (Å²) >= 11 is 5.08. The number of thiocarbonyl (C=S) groups is 1. The van der Waals surface area contributed by atoms with Gasteiger partial charge in [0.05, 0.1) is 11.9 Å². The average Bonchev–Trinajstić information content (AvgIpc) is 2.27. The Balaban J connectivity index is 2.54. The lowest BCUT2D eigenvalue weighted by atomic mass is 10.4. The maximum atomic E-state index is 5.08. The molecule has 1 rings (SSSR count). The molecule has 0 aliphatic heterocycles. The Morgan fingerprint density at radius 2 is 2.31 bits per heavy atom. The van der Waals surface area contributed by atoms with E-state index in [-0.39, 0.29) is 0 Å². The molecular formula is C11H16N4S. The summed E-state index contributed by atoms with van der Waals surface area (Å²) in [6, 6.07) is 3.86. The predicted molar refractivity (Wildman–Crippen MR) is 73.0 cm³/mol. The summed E-state index contributed by atoms with van der Waals surface area (Å²) in [7, 11) is 3.90. The van der Waals surface area contributed by atoms with Crippen LogP contribution in [0, 0.1) is 0 Å². The second-order valence-electron chi connectivity index (χ2n) is 3.42. The smallest absolute Gasteiger partial charge is 0.171 e. The Hall–Kier alpha value is -1.62. The highest BCUT2D eigenvalue weighted by atomic mass is 32.1. The third-order valence-corrected chi connectivity index (χ3v) is 2.12. The van der Waals surface area contributed by atoms with Gasteiger partial charge < -0.3 is 15.5 Å². The second-order valence-corrected chi connectivity index (χ2v) is 3.83. The summed E-state index contributed by atoms with van der Waals surface area (Å²) in [5, 5.41) is 6.59. The van der Waals surface area contributed by atoms with E-state index in [1.807, 2.05) is 31.1 Å². The minimum atomic E-state index is 0.569. The van der Waals surface area contributed by atoms with Crippen LogP contribution in [0.4, 0.5) is 11.5 Å². The zero-order valence-corrected chi connectivity index (χ0v) is 10.3. The van der Waals surface area contributed by atoms with Crippen molar-refractivity contribution >= 4 is 28.8 Å². The number of nitrogens with one attached hydrogen (secondary N) is 2. The highest BCUT2D eigenvalue weighted by Gasteiger charge is 1.99. The van der Waals surface area contributed by atoms with Crippen molar-refractivity contribution in [3.05, 3.63) is 31.0 Å². The van der Waals surface area contributed by atoms with Gasteiger partial charge in [0.25, 0.3) is 0 Å². The van der Waals surface area contributed by atoms with E-state index in [9.17, 15) is 0 Å². The molecule has 0 radical (unpaired) electrons. The van der Waals surface area contributed by atoms with Crippen molar-refractivity contribution in [2.24, 2.45) is 0 Å². The van der Waals surface area contributed by atoms with Crippen molar-refractivity contribution in [2.45, 2.75) is 0 Å². The fourth-order valence-electron chi connectivity index (χ4n) is 1.06. The molecule has 4 nitrogen and oxygen atoms in total. The van der Waals surface area contributed by atoms with Gasteiger partial charge in [-0.25, -0.2) is 4.98 Å². The third kappa shape index (κ3) is 3.86. The maximum Gasteiger partial charge on any atom is 0.171 e. The van der Waals surface area contributed by atoms with Crippen LogP contribution < -0.4 is 15.5 Å². The quantitative estimate of drug-likeness (QED) is 0.614. The van der Waals surface area contributed by atoms with Gasteiger partial charge >= 0.3 is 0 Å². The molecule has 0 spiro atoms. The minimum Gasteiger partial charge on any atom is -0.363 e. The fraction of sp³-hybridized carbons (Fsp3) is 0.273. The van der Waals surface area contributed by atoms with Gasteiger partial charge in [0.2, 0.25) is 0 Å². The summed E-state index contributed by atoms with van der Waals surface area (Å²) in [6.07, 6.45) is 3.50. The number of pyridine rings is 1. The molecule has 0 aliphatic rings. The average molecular weight is 236 g/mol. The molecule has 5 heteroatoms. The minimum absolute atomic E-state index is 0.569. The molecule has 16 heavy (non-hydrogen) atoms. The lowest BCUT2D eigenvalue weighted by Crippen LogP contribution is -2.28. The van der Waals surface area contributed by atoms with Crippen LogP contribution in [0.3, 0.4) is 0 Å². The summed E-state index contributed by atoms with van der Waals surface area (Å²) < 4.78 is 0. The Bertz CT molecular complexity index is 359. The van der Waals surface area contributed by atoms with Crippen LogP contribution in [-0.4, -0.2) is 30.7 Å². The lowest BCUT2D eigenvalue weighted by Gasteiger charge is -2.12. The summed E-state index contributed by atoms with van der Waals surface area (Å²) in [4.78, 5) is 6.21. The summed E-state index contributed by atoms with van der Waals surface area (Å²) in [5.74, 6) is 0.913. The van der Waals surface area contributed by atoms with Crippen LogP contribution in [0.15, 0.2) is 31.0 Å². The van der Waals surface area contributed by atoms with Crippen LogP contribution in [0.2, 0.25) is 0 Å². The largest absolute Gasteiger partial charge is 0.363 e. The van der Waals surface area contributed by atoms with E-state index < -0.39 is 0 Å². The van der Waals surface area contributed by atoms with Gasteiger partial charge in [0, 0.05) is 20.6 Å². The Morgan fingerprint density at radius 3 is 2.81 bits per heavy atom. The van der Waals surface area contributed by atoms with Crippen LogP contribution in [0.1, 0.15) is 0 Å². The molecule has 0 aromatic carbocycles. The molecule has 0 fully saturated rings. The van der Waals surface area contributed by atoms with Gasteiger partial charge in [-0.1, -0.05) is 6.08 Å². The van der Waals surface area contributed by atoms with Crippen molar-refractivity contribution in [2.75, 3.05) is 30.9 Å². The molecule has 0 saturated heterocycles.